The van der Waals surface area contributed by atoms with Crippen LogP contribution in [0.2, 0.25) is 0 Å². The molecule has 0 atom stereocenters. The molecular weight excluding hydrogens is 200 g/mol. The fourth-order valence-corrected chi connectivity index (χ4v) is 2.17. The first kappa shape index (κ1) is 11.3. The molecule has 1 aromatic rings. The summed E-state index contributed by atoms with van der Waals surface area (Å²) in [6.45, 7) is 2.95. The summed E-state index contributed by atoms with van der Waals surface area (Å²) >= 11 is 0. The van der Waals surface area contributed by atoms with Gasteiger partial charge in [-0.15, -0.1) is 0 Å². The molecule has 2 rings (SSSR count). The quantitative estimate of drug-likeness (QED) is 0.838. The molecule has 1 heterocycles. The maximum absolute atomic E-state index is 4.22. The third-order valence-corrected chi connectivity index (χ3v) is 3.64. The minimum Gasteiger partial charge on any atom is -0.368 e. The lowest BCUT2D eigenvalue weighted by Crippen LogP contribution is -2.54. The summed E-state index contributed by atoms with van der Waals surface area (Å²) in [5, 5.41) is 3.42. The van der Waals surface area contributed by atoms with Crippen LogP contribution >= 0.6 is 0 Å². The van der Waals surface area contributed by atoms with Crippen molar-refractivity contribution >= 4 is 5.82 Å². The Morgan fingerprint density at radius 3 is 2.62 bits per heavy atom. The third-order valence-electron chi connectivity index (χ3n) is 3.64. The van der Waals surface area contributed by atoms with Crippen LogP contribution in [-0.2, 0) is 0 Å². The lowest BCUT2D eigenvalue weighted by molar-refractivity contribution is 0.0738. The highest BCUT2D eigenvalue weighted by molar-refractivity contribution is 5.35. The lowest BCUT2D eigenvalue weighted by atomic mass is 9.75. The Balaban J connectivity index is 1.96. The van der Waals surface area contributed by atoms with Gasteiger partial charge in [0.05, 0.1) is 0 Å². The fraction of sp³-hybridized carbons (Fsp3) is 0.667. The summed E-state index contributed by atoms with van der Waals surface area (Å²) in [5.74, 6) is 0.931. The molecule has 0 unspecified atom stereocenters. The number of nitrogens with one attached hydrogen (secondary N) is 1. The minimum absolute atomic E-state index is 0.332. The van der Waals surface area contributed by atoms with Crippen LogP contribution in [0.1, 0.15) is 25.0 Å². The summed E-state index contributed by atoms with van der Waals surface area (Å²) in [5.41, 5.74) is 1.34. The van der Waals surface area contributed by atoms with E-state index in [1.807, 2.05) is 13.0 Å². The van der Waals surface area contributed by atoms with Gasteiger partial charge in [-0.3, -0.25) is 0 Å². The van der Waals surface area contributed by atoms with Crippen LogP contribution in [0.15, 0.2) is 12.4 Å². The van der Waals surface area contributed by atoms with E-state index in [1.165, 1.54) is 19.3 Å². The number of hydrogen-bond acceptors (Lipinski definition) is 4. The Morgan fingerprint density at radius 2 is 2.12 bits per heavy atom. The van der Waals surface area contributed by atoms with Gasteiger partial charge < -0.3 is 10.2 Å². The number of likely N-dealkylation sites (N-methyl/N-ethyl adjacent to an activating group) is 1. The topological polar surface area (TPSA) is 41.0 Å². The van der Waals surface area contributed by atoms with Crippen LogP contribution in [0.5, 0.6) is 0 Å². The molecule has 0 saturated heterocycles. The van der Waals surface area contributed by atoms with E-state index in [1.54, 1.807) is 6.33 Å². The smallest absolute Gasteiger partial charge is 0.129 e. The van der Waals surface area contributed by atoms with Crippen LogP contribution in [0, 0.1) is 6.92 Å². The maximum Gasteiger partial charge on any atom is 0.129 e. The Kier molecular flexibility index (Phi) is 3.10. The van der Waals surface area contributed by atoms with Crippen molar-refractivity contribution in [3.05, 3.63) is 18.1 Å². The normalized spacial score (nSPS) is 18.2. The van der Waals surface area contributed by atoms with Crippen LogP contribution in [-0.4, -0.2) is 41.0 Å². The van der Waals surface area contributed by atoms with Gasteiger partial charge in [-0.25, -0.2) is 9.97 Å². The molecular formula is C12H20N4. The van der Waals surface area contributed by atoms with Crippen LogP contribution in [0.25, 0.3) is 0 Å². The van der Waals surface area contributed by atoms with Crippen molar-refractivity contribution in [2.24, 2.45) is 0 Å². The van der Waals surface area contributed by atoms with E-state index in [0.717, 1.165) is 18.1 Å². The molecule has 0 amide bonds. The van der Waals surface area contributed by atoms with Crippen molar-refractivity contribution in [2.75, 3.05) is 26.0 Å². The second kappa shape index (κ2) is 4.37. The first-order chi connectivity index (χ1) is 7.62. The first-order valence-electron chi connectivity index (χ1n) is 5.82. The molecule has 16 heavy (non-hydrogen) atoms. The van der Waals surface area contributed by atoms with Gasteiger partial charge in [-0.2, -0.15) is 0 Å². The van der Waals surface area contributed by atoms with Gasteiger partial charge in [0.15, 0.2) is 0 Å². The van der Waals surface area contributed by atoms with E-state index in [0.29, 0.717) is 5.54 Å². The van der Waals surface area contributed by atoms with Gasteiger partial charge in [0.25, 0.3) is 0 Å². The zero-order valence-corrected chi connectivity index (χ0v) is 10.3. The maximum atomic E-state index is 4.22. The standard InChI is InChI=1S/C12H20N4/c1-10-7-11(15-9-14-10)13-8-12(16(2)3)5-4-6-12/h7,9H,4-6,8H2,1-3H3,(H,13,14,15). The molecule has 1 saturated carbocycles. The number of aryl methyl sites for hydroxylation is 1. The van der Waals surface area contributed by atoms with E-state index < -0.39 is 0 Å². The summed E-state index contributed by atoms with van der Waals surface area (Å²) in [4.78, 5) is 10.6. The molecule has 1 N–H and O–H groups in total. The summed E-state index contributed by atoms with van der Waals surface area (Å²) in [7, 11) is 4.32. The highest BCUT2D eigenvalue weighted by atomic mass is 15.2. The monoisotopic (exact) mass is 220 g/mol. The van der Waals surface area contributed by atoms with E-state index in [-0.39, 0.29) is 0 Å². The Morgan fingerprint density at radius 1 is 1.38 bits per heavy atom. The molecule has 88 valence electrons. The predicted octanol–water partition coefficient (Wildman–Crippen LogP) is 1.68. The molecule has 4 heteroatoms. The molecule has 1 aliphatic carbocycles. The van der Waals surface area contributed by atoms with Crippen molar-refractivity contribution in [2.45, 2.75) is 31.7 Å². The highest BCUT2D eigenvalue weighted by Crippen LogP contribution is 2.36. The molecule has 0 aromatic carbocycles. The second-order valence-corrected chi connectivity index (χ2v) is 4.87. The van der Waals surface area contributed by atoms with Crippen molar-refractivity contribution in [3.63, 3.8) is 0 Å². The van der Waals surface area contributed by atoms with Gasteiger partial charge in [-0.1, -0.05) is 0 Å². The van der Waals surface area contributed by atoms with Crippen molar-refractivity contribution in [3.8, 4) is 0 Å². The van der Waals surface area contributed by atoms with E-state index in [9.17, 15) is 0 Å². The highest BCUT2D eigenvalue weighted by Gasteiger charge is 2.38. The fourth-order valence-electron chi connectivity index (χ4n) is 2.17. The zero-order valence-electron chi connectivity index (χ0n) is 10.3. The lowest BCUT2D eigenvalue weighted by Gasteiger charge is -2.47. The molecule has 4 nitrogen and oxygen atoms in total. The van der Waals surface area contributed by atoms with Crippen molar-refractivity contribution < 1.29 is 0 Å². The number of hydrogen-bond donors (Lipinski definition) is 1. The largest absolute Gasteiger partial charge is 0.368 e. The average Bonchev–Trinajstić information content (AvgIpc) is 2.15. The third kappa shape index (κ3) is 2.16. The predicted molar refractivity (Wildman–Crippen MR) is 65.5 cm³/mol. The van der Waals surface area contributed by atoms with Crippen molar-refractivity contribution in [1.29, 1.82) is 0 Å². The van der Waals surface area contributed by atoms with Gasteiger partial charge in [0.1, 0.15) is 12.1 Å². The zero-order chi connectivity index (χ0) is 11.6. The van der Waals surface area contributed by atoms with Gasteiger partial charge in [-0.05, 0) is 40.3 Å². The summed E-state index contributed by atoms with van der Waals surface area (Å²) in [6, 6.07) is 1.99. The van der Waals surface area contributed by atoms with Gasteiger partial charge in [0, 0.05) is 23.8 Å². The second-order valence-electron chi connectivity index (χ2n) is 4.87. The van der Waals surface area contributed by atoms with E-state index >= 15 is 0 Å². The average molecular weight is 220 g/mol. The van der Waals surface area contributed by atoms with E-state index in [2.05, 4.69) is 34.3 Å². The molecule has 1 fully saturated rings. The summed E-state index contributed by atoms with van der Waals surface area (Å²) < 4.78 is 0. The molecule has 0 aliphatic heterocycles. The van der Waals surface area contributed by atoms with Gasteiger partial charge >= 0.3 is 0 Å². The number of anilines is 1. The Hall–Kier alpha value is -1.16. The number of aromatic nitrogens is 2. The Labute approximate surface area is 97.1 Å². The molecule has 0 radical (unpaired) electrons. The minimum atomic E-state index is 0.332. The molecule has 1 aromatic heterocycles. The molecule has 1 aliphatic rings. The number of rotatable bonds is 4. The van der Waals surface area contributed by atoms with Gasteiger partial charge in [0.2, 0.25) is 0 Å². The van der Waals surface area contributed by atoms with Crippen molar-refractivity contribution in [1.82, 2.24) is 14.9 Å². The molecule has 0 bridgehead atoms. The molecule has 0 spiro atoms. The van der Waals surface area contributed by atoms with Crippen LogP contribution < -0.4 is 5.32 Å². The van der Waals surface area contributed by atoms with Crippen LogP contribution in [0.3, 0.4) is 0 Å². The van der Waals surface area contributed by atoms with Crippen LogP contribution in [0.4, 0.5) is 5.82 Å². The Bertz CT molecular complexity index is 358. The number of nitrogens with zero attached hydrogens (tertiary/aromatic N) is 3. The van der Waals surface area contributed by atoms with E-state index in [4.69, 9.17) is 0 Å². The summed E-state index contributed by atoms with van der Waals surface area (Å²) in [6.07, 6.45) is 5.50. The SMILES string of the molecule is Cc1cc(NCC2(N(C)C)CCC2)ncn1. The first-order valence-corrected chi connectivity index (χ1v) is 5.82.